The van der Waals surface area contributed by atoms with Crippen molar-refractivity contribution in [3.63, 3.8) is 0 Å². The van der Waals surface area contributed by atoms with E-state index in [9.17, 15) is 4.79 Å². The van der Waals surface area contributed by atoms with Gasteiger partial charge in [0.25, 0.3) is 0 Å². The minimum atomic E-state index is -0.492. The molecular formula is C22H41N3O2. The fourth-order valence-corrected chi connectivity index (χ4v) is 2.45. The lowest BCUT2D eigenvalue weighted by atomic mass is 9.87. The number of aryl methyl sites for hydroxylation is 1. The van der Waals surface area contributed by atoms with Crippen molar-refractivity contribution in [2.45, 2.75) is 73.5 Å². The van der Waals surface area contributed by atoms with E-state index in [1.807, 2.05) is 59.9 Å². The quantitative estimate of drug-likeness (QED) is 0.666. The Kier molecular flexibility index (Phi) is 10.6. The van der Waals surface area contributed by atoms with Crippen LogP contribution < -0.4 is 11.5 Å². The van der Waals surface area contributed by atoms with E-state index in [1.54, 1.807) is 4.90 Å². The molecule has 0 saturated heterocycles. The molecule has 1 aromatic rings. The Morgan fingerprint density at radius 2 is 1.74 bits per heavy atom. The molecule has 0 radical (unpaired) electrons. The molecule has 0 aliphatic carbocycles. The molecule has 1 amide bonds. The highest BCUT2D eigenvalue weighted by Crippen LogP contribution is 2.25. The van der Waals surface area contributed by atoms with Crippen LogP contribution in [0.3, 0.4) is 0 Å². The van der Waals surface area contributed by atoms with Crippen LogP contribution in [0.1, 0.15) is 65.5 Å². The van der Waals surface area contributed by atoms with Crippen LogP contribution in [0.15, 0.2) is 18.2 Å². The fourth-order valence-electron chi connectivity index (χ4n) is 2.45. The van der Waals surface area contributed by atoms with E-state index < -0.39 is 5.41 Å². The molecule has 0 atom stereocenters. The topological polar surface area (TPSA) is 81.6 Å². The second-order valence-corrected chi connectivity index (χ2v) is 8.50. The molecule has 0 unspecified atom stereocenters. The van der Waals surface area contributed by atoms with Crippen molar-refractivity contribution in [2.24, 2.45) is 11.1 Å². The molecule has 0 bridgehead atoms. The summed E-state index contributed by atoms with van der Waals surface area (Å²) in [5.74, 6) is 0.0958. The largest absolute Gasteiger partial charge is 0.399 e. The number of nitrogen functional groups attached to an aromatic ring is 1. The molecule has 1 aromatic carbocycles. The van der Waals surface area contributed by atoms with E-state index >= 15 is 0 Å². The van der Waals surface area contributed by atoms with Crippen LogP contribution in [0, 0.1) is 12.3 Å². The standard InChI is InChI=1S/C19H33N3O2.C3H8/c1-14-7-8-16(21)11-15(14)12-22(6)17(23)18(2,3)9-10-24-19(4,5)13-20;1-3-2/h7-8,11H,9-10,12-13,20-21H2,1-6H3;3H2,1-2H3. The molecule has 27 heavy (non-hydrogen) atoms. The Balaban J connectivity index is 0.00000210. The molecule has 0 aliphatic rings. The molecule has 156 valence electrons. The average Bonchev–Trinajstić information content (AvgIpc) is 2.57. The van der Waals surface area contributed by atoms with Crippen LogP contribution in [0.5, 0.6) is 0 Å². The summed E-state index contributed by atoms with van der Waals surface area (Å²) < 4.78 is 5.79. The van der Waals surface area contributed by atoms with Crippen LogP contribution in [0.4, 0.5) is 5.69 Å². The molecule has 0 aliphatic heterocycles. The van der Waals surface area contributed by atoms with Gasteiger partial charge in [0.05, 0.1) is 5.60 Å². The maximum atomic E-state index is 12.8. The first kappa shape index (κ1) is 25.4. The molecule has 0 saturated carbocycles. The summed E-state index contributed by atoms with van der Waals surface area (Å²) in [5, 5.41) is 0. The first-order chi connectivity index (χ1) is 12.4. The van der Waals surface area contributed by atoms with Gasteiger partial charge in [0, 0.05) is 37.8 Å². The van der Waals surface area contributed by atoms with Crippen LogP contribution in [0.2, 0.25) is 0 Å². The molecule has 5 heteroatoms. The van der Waals surface area contributed by atoms with Crippen LogP contribution in [0.25, 0.3) is 0 Å². The zero-order chi connectivity index (χ0) is 21.3. The van der Waals surface area contributed by atoms with Gasteiger partial charge in [-0.05, 0) is 50.5 Å². The van der Waals surface area contributed by atoms with Crippen molar-refractivity contribution >= 4 is 11.6 Å². The third-order valence-corrected chi connectivity index (χ3v) is 4.42. The summed E-state index contributed by atoms with van der Waals surface area (Å²) in [6.45, 7) is 15.6. The Morgan fingerprint density at radius 3 is 2.26 bits per heavy atom. The molecule has 0 aromatic heterocycles. The van der Waals surface area contributed by atoms with Gasteiger partial charge in [-0.1, -0.05) is 40.2 Å². The maximum absolute atomic E-state index is 12.8. The predicted octanol–water partition coefficient (Wildman–Crippen LogP) is 4.12. The predicted molar refractivity (Wildman–Crippen MR) is 116 cm³/mol. The summed E-state index contributed by atoms with van der Waals surface area (Å²) >= 11 is 0. The Hall–Kier alpha value is -1.59. The van der Waals surface area contributed by atoms with Gasteiger partial charge >= 0.3 is 0 Å². The number of nitrogens with zero attached hydrogens (tertiary/aromatic N) is 1. The number of anilines is 1. The zero-order valence-electron chi connectivity index (χ0n) is 18.7. The van der Waals surface area contributed by atoms with Crippen LogP contribution >= 0.6 is 0 Å². The summed E-state index contributed by atoms with van der Waals surface area (Å²) in [7, 11) is 1.83. The zero-order valence-corrected chi connectivity index (χ0v) is 18.7. The normalized spacial score (nSPS) is 11.6. The van der Waals surface area contributed by atoms with Crippen molar-refractivity contribution in [1.29, 1.82) is 0 Å². The van der Waals surface area contributed by atoms with Crippen molar-refractivity contribution < 1.29 is 9.53 Å². The molecular weight excluding hydrogens is 338 g/mol. The molecule has 4 N–H and O–H groups in total. The number of hydrogen-bond acceptors (Lipinski definition) is 4. The minimum absolute atomic E-state index is 0.0958. The molecule has 0 fully saturated rings. The molecule has 1 rings (SSSR count). The second kappa shape index (κ2) is 11.3. The highest BCUT2D eigenvalue weighted by Gasteiger charge is 2.31. The molecule has 5 nitrogen and oxygen atoms in total. The van der Waals surface area contributed by atoms with Crippen molar-refractivity contribution in [1.82, 2.24) is 4.90 Å². The third kappa shape index (κ3) is 9.25. The van der Waals surface area contributed by atoms with E-state index in [4.69, 9.17) is 16.2 Å². The van der Waals surface area contributed by atoms with Crippen molar-refractivity contribution in [3.05, 3.63) is 29.3 Å². The molecule has 0 heterocycles. The summed E-state index contributed by atoms with van der Waals surface area (Å²) in [4.78, 5) is 14.6. The monoisotopic (exact) mass is 379 g/mol. The minimum Gasteiger partial charge on any atom is -0.399 e. The van der Waals surface area contributed by atoms with E-state index in [0.29, 0.717) is 31.8 Å². The van der Waals surface area contributed by atoms with Gasteiger partial charge < -0.3 is 21.1 Å². The first-order valence-electron chi connectivity index (χ1n) is 9.84. The first-order valence-corrected chi connectivity index (χ1v) is 9.84. The summed E-state index contributed by atoms with van der Waals surface area (Å²) in [6, 6.07) is 5.79. The van der Waals surface area contributed by atoms with Gasteiger partial charge in [0.1, 0.15) is 0 Å². The highest BCUT2D eigenvalue weighted by atomic mass is 16.5. The van der Waals surface area contributed by atoms with Gasteiger partial charge in [0.2, 0.25) is 5.91 Å². The van der Waals surface area contributed by atoms with Gasteiger partial charge in [-0.3, -0.25) is 4.79 Å². The van der Waals surface area contributed by atoms with Crippen molar-refractivity contribution in [2.75, 3.05) is 25.9 Å². The lowest BCUT2D eigenvalue weighted by Crippen LogP contribution is -2.40. The summed E-state index contributed by atoms with van der Waals surface area (Å²) in [5.41, 5.74) is 13.6. The van der Waals surface area contributed by atoms with E-state index in [-0.39, 0.29) is 11.5 Å². The lowest BCUT2D eigenvalue weighted by molar-refractivity contribution is -0.141. The van der Waals surface area contributed by atoms with E-state index in [2.05, 4.69) is 13.8 Å². The lowest BCUT2D eigenvalue weighted by Gasteiger charge is -2.31. The van der Waals surface area contributed by atoms with Gasteiger partial charge in [-0.15, -0.1) is 0 Å². The number of hydrogen-bond donors (Lipinski definition) is 2. The Bertz CT molecular complexity index is 583. The average molecular weight is 380 g/mol. The summed E-state index contributed by atoms with van der Waals surface area (Å²) in [6.07, 6.45) is 1.90. The van der Waals surface area contributed by atoms with Crippen molar-refractivity contribution in [3.8, 4) is 0 Å². The number of carbonyl (C=O) groups is 1. The smallest absolute Gasteiger partial charge is 0.228 e. The fraction of sp³-hybridized carbons (Fsp3) is 0.682. The van der Waals surface area contributed by atoms with E-state index in [1.165, 1.54) is 6.42 Å². The van der Waals surface area contributed by atoms with Gasteiger partial charge in [-0.25, -0.2) is 0 Å². The SMILES string of the molecule is CCC.Cc1ccc(N)cc1CN(C)C(=O)C(C)(C)CCOC(C)(C)CN. The maximum Gasteiger partial charge on any atom is 0.228 e. The number of rotatable bonds is 8. The number of amides is 1. The second-order valence-electron chi connectivity index (χ2n) is 8.50. The van der Waals surface area contributed by atoms with Crippen LogP contribution in [-0.4, -0.2) is 36.6 Å². The van der Waals surface area contributed by atoms with E-state index in [0.717, 1.165) is 11.1 Å². The molecule has 0 spiro atoms. The van der Waals surface area contributed by atoms with Gasteiger partial charge in [-0.2, -0.15) is 0 Å². The Morgan fingerprint density at radius 1 is 1.19 bits per heavy atom. The highest BCUT2D eigenvalue weighted by molar-refractivity contribution is 5.81. The van der Waals surface area contributed by atoms with Crippen LogP contribution in [-0.2, 0) is 16.1 Å². The number of nitrogens with two attached hydrogens (primary N) is 2. The number of ether oxygens (including phenoxy) is 1. The number of carbonyl (C=O) groups excluding carboxylic acids is 1. The number of benzene rings is 1. The third-order valence-electron chi connectivity index (χ3n) is 4.42. The van der Waals surface area contributed by atoms with Gasteiger partial charge in [0.15, 0.2) is 0 Å². The Labute approximate surface area is 166 Å².